The van der Waals surface area contributed by atoms with Gasteiger partial charge in [0.15, 0.2) is 0 Å². The van der Waals surface area contributed by atoms with E-state index in [1.54, 1.807) is 12.4 Å². The molecule has 0 saturated carbocycles. The molecule has 0 spiro atoms. The molecule has 0 aromatic carbocycles. The van der Waals surface area contributed by atoms with E-state index in [9.17, 15) is 0 Å². The van der Waals surface area contributed by atoms with Crippen molar-refractivity contribution in [1.29, 1.82) is 5.26 Å². The second-order valence-electron chi connectivity index (χ2n) is 1.02. The van der Waals surface area contributed by atoms with Crippen LogP contribution < -0.4 is 0 Å². The minimum atomic E-state index is 0. The smallest absolute Gasteiger partial charge is 0.0462 e. The second kappa shape index (κ2) is 9.81. The van der Waals surface area contributed by atoms with Gasteiger partial charge in [0.05, 0.1) is 0 Å². The van der Waals surface area contributed by atoms with Crippen LogP contribution in [0.2, 0.25) is 0 Å². The Bertz CT molecular complexity index is 107. The highest BCUT2D eigenvalue weighted by Gasteiger charge is 1.58. The molecule has 0 N–H and O–H groups in total. The Hall–Kier alpha value is -1.36. The van der Waals surface area contributed by atoms with Gasteiger partial charge in [-0.25, -0.2) is 5.26 Å². The molecule has 1 rings (SSSR count). The highest BCUT2D eigenvalue weighted by Crippen LogP contribution is 1.73. The number of nitrogens with zero attached hydrogens (tertiary/aromatic N) is 2. The Morgan fingerprint density at radius 1 is 1.00 bits per heavy atom. The molecule has 0 saturated heterocycles. The minimum absolute atomic E-state index is 0. The molecule has 0 aliphatic heterocycles. The average molecular weight is 122 g/mol. The molecule has 1 aromatic heterocycles. The Labute approximate surface area is 55.8 Å². The molecule has 2 nitrogen and oxygen atoms in total. The van der Waals surface area contributed by atoms with E-state index in [2.05, 4.69) is 11.6 Å². The fraction of sp³-hybridized carbons (Fsp3) is 0.143. The van der Waals surface area contributed by atoms with Crippen molar-refractivity contribution in [2.24, 2.45) is 0 Å². The summed E-state index contributed by atoms with van der Waals surface area (Å²) in [4.78, 5) is 3.78. The summed E-state index contributed by atoms with van der Waals surface area (Å²) in [6, 6.07) is 5.72. The van der Waals surface area contributed by atoms with Gasteiger partial charge in [0, 0.05) is 19.0 Å². The third-order valence-electron chi connectivity index (χ3n) is 0.566. The van der Waals surface area contributed by atoms with Crippen molar-refractivity contribution in [3.8, 4) is 6.57 Å². The summed E-state index contributed by atoms with van der Waals surface area (Å²) in [6.07, 6.45) is 3.50. The third-order valence-corrected chi connectivity index (χ3v) is 0.566. The first-order valence-electron chi connectivity index (χ1n) is 2.11. The lowest BCUT2D eigenvalue weighted by atomic mass is 10.5. The highest BCUT2D eigenvalue weighted by molar-refractivity contribution is 4.88. The van der Waals surface area contributed by atoms with Gasteiger partial charge < -0.3 is 0 Å². The van der Waals surface area contributed by atoms with Gasteiger partial charge in [0.1, 0.15) is 0 Å². The Morgan fingerprint density at radius 3 is 1.56 bits per heavy atom. The van der Waals surface area contributed by atoms with Gasteiger partial charge in [-0.05, 0) is 12.1 Å². The minimum Gasteiger partial charge on any atom is -0.265 e. The maximum absolute atomic E-state index is 6.50. The van der Waals surface area contributed by atoms with Crippen LogP contribution in [0.15, 0.2) is 30.6 Å². The topological polar surface area (TPSA) is 36.7 Å². The fourth-order valence-corrected chi connectivity index (χ4v) is 0.313. The van der Waals surface area contributed by atoms with E-state index in [-0.39, 0.29) is 7.43 Å². The number of aromatic nitrogens is 1. The maximum atomic E-state index is 6.50. The van der Waals surface area contributed by atoms with E-state index >= 15 is 0 Å². The zero-order valence-electron chi connectivity index (χ0n) is 4.36. The molecular formula is C7H10N2. The van der Waals surface area contributed by atoms with Crippen LogP contribution in [0.3, 0.4) is 0 Å². The number of hydrogen-bond donors (Lipinski definition) is 0. The van der Waals surface area contributed by atoms with Crippen molar-refractivity contribution in [3.63, 3.8) is 0 Å². The van der Waals surface area contributed by atoms with Crippen molar-refractivity contribution in [2.75, 3.05) is 0 Å². The van der Waals surface area contributed by atoms with E-state index in [0.29, 0.717) is 0 Å². The number of rotatable bonds is 0. The van der Waals surface area contributed by atoms with Gasteiger partial charge in [-0.2, -0.15) is 0 Å². The molecule has 0 radical (unpaired) electrons. The summed E-state index contributed by atoms with van der Waals surface area (Å²) in [5.74, 6) is 0. The normalized spacial score (nSPS) is 5.56. The first kappa shape index (κ1) is 10.6. The average Bonchev–Trinajstić information content (AvgIpc) is 1.96. The molecule has 1 aromatic rings. The lowest BCUT2D eigenvalue weighted by molar-refractivity contribution is 1.33. The number of hydrogen-bond acceptors (Lipinski definition) is 2. The van der Waals surface area contributed by atoms with Crippen molar-refractivity contribution < 1.29 is 0 Å². The number of pyridine rings is 1. The van der Waals surface area contributed by atoms with Crippen molar-refractivity contribution in [1.82, 2.24) is 4.98 Å². The summed E-state index contributed by atoms with van der Waals surface area (Å²) in [6.45, 7) is 3.50. The molecule has 0 fully saturated rings. The molecular weight excluding hydrogens is 112 g/mol. The van der Waals surface area contributed by atoms with Crippen LogP contribution in [0.5, 0.6) is 0 Å². The van der Waals surface area contributed by atoms with Gasteiger partial charge in [-0.15, -0.1) is 0 Å². The van der Waals surface area contributed by atoms with Crippen LogP contribution in [0.4, 0.5) is 0 Å². The molecule has 1 heterocycles. The summed E-state index contributed by atoms with van der Waals surface area (Å²) in [5.41, 5.74) is 0. The first-order chi connectivity index (χ1) is 4.00. The molecule has 0 unspecified atom stereocenters. The van der Waals surface area contributed by atoms with E-state index in [4.69, 9.17) is 5.26 Å². The van der Waals surface area contributed by atoms with Crippen molar-refractivity contribution >= 4 is 0 Å². The molecule has 0 bridgehead atoms. The van der Waals surface area contributed by atoms with Gasteiger partial charge in [-0.1, -0.05) is 13.5 Å². The monoisotopic (exact) mass is 122 g/mol. The van der Waals surface area contributed by atoms with Crippen LogP contribution in [-0.2, 0) is 0 Å². The summed E-state index contributed by atoms with van der Waals surface area (Å²) >= 11 is 0. The number of nitriles is 1. The zero-order valence-corrected chi connectivity index (χ0v) is 4.36. The Morgan fingerprint density at radius 2 is 1.44 bits per heavy atom. The van der Waals surface area contributed by atoms with E-state index < -0.39 is 0 Å². The molecule has 48 valence electrons. The molecule has 0 aliphatic carbocycles. The van der Waals surface area contributed by atoms with Crippen LogP contribution in [0.1, 0.15) is 7.43 Å². The standard InChI is InChI=1S/C5H5N.CHN.CH4/c1-2-4-6-5-3-1;1-2;/h1-5H;1H;1H4. The van der Waals surface area contributed by atoms with Crippen LogP contribution in [0, 0.1) is 11.8 Å². The largest absolute Gasteiger partial charge is 0.265 e. The summed E-state index contributed by atoms with van der Waals surface area (Å²) in [7, 11) is 0. The summed E-state index contributed by atoms with van der Waals surface area (Å²) in [5, 5.41) is 6.50. The molecule has 0 amide bonds. The second-order valence-corrected chi connectivity index (χ2v) is 1.02. The fourth-order valence-electron chi connectivity index (χ4n) is 0.313. The van der Waals surface area contributed by atoms with Gasteiger partial charge in [-0.3, -0.25) is 4.98 Å². The quantitative estimate of drug-likeness (QED) is 0.526. The summed E-state index contributed by atoms with van der Waals surface area (Å²) < 4.78 is 0. The van der Waals surface area contributed by atoms with E-state index in [1.807, 2.05) is 18.2 Å². The van der Waals surface area contributed by atoms with Gasteiger partial charge in [0.2, 0.25) is 0 Å². The van der Waals surface area contributed by atoms with Crippen LogP contribution in [0.25, 0.3) is 0 Å². The molecule has 0 aliphatic rings. The lowest BCUT2D eigenvalue weighted by Crippen LogP contribution is -1.58. The maximum Gasteiger partial charge on any atom is 0.0462 e. The molecule has 9 heavy (non-hydrogen) atoms. The third kappa shape index (κ3) is 6.64. The predicted molar refractivity (Wildman–Crippen MR) is 37.6 cm³/mol. The van der Waals surface area contributed by atoms with Crippen molar-refractivity contribution in [3.05, 3.63) is 30.6 Å². The van der Waals surface area contributed by atoms with Crippen LogP contribution >= 0.6 is 0 Å². The lowest BCUT2D eigenvalue weighted by Gasteiger charge is -1.70. The Balaban J connectivity index is 0. The highest BCUT2D eigenvalue weighted by atomic mass is 14.6. The van der Waals surface area contributed by atoms with E-state index in [1.165, 1.54) is 0 Å². The molecule has 0 atom stereocenters. The van der Waals surface area contributed by atoms with Gasteiger partial charge in [0.25, 0.3) is 0 Å². The molecule has 2 heteroatoms. The van der Waals surface area contributed by atoms with Crippen molar-refractivity contribution in [2.45, 2.75) is 7.43 Å². The Kier molecular flexibility index (Phi) is 11.5. The first-order valence-corrected chi connectivity index (χ1v) is 2.11. The zero-order chi connectivity index (χ0) is 6.24. The van der Waals surface area contributed by atoms with E-state index in [0.717, 1.165) is 0 Å². The predicted octanol–water partition coefficient (Wildman–Crippen LogP) is 1.86. The van der Waals surface area contributed by atoms with Gasteiger partial charge >= 0.3 is 0 Å². The SMILES string of the molecule is C.C#N.c1ccncc1. The van der Waals surface area contributed by atoms with Crippen LogP contribution in [-0.4, -0.2) is 4.98 Å².